The lowest BCUT2D eigenvalue weighted by Gasteiger charge is -2.34. The summed E-state index contributed by atoms with van der Waals surface area (Å²) in [5, 5.41) is 0. The van der Waals surface area contributed by atoms with E-state index in [2.05, 4.69) is 0 Å². The maximum absolute atomic E-state index is 14.5. The number of hydrogen-bond acceptors (Lipinski definition) is 3. The monoisotopic (exact) mass is 408 g/mol. The molecule has 0 radical (unpaired) electrons. The van der Waals surface area contributed by atoms with Crippen LogP contribution in [0.1, 0.15) is 29.9 Å². The molecule has 0 aromatic heterocycles. The zero-order chi connectivity index (χ0) is 21.1. The van der Waals surface area contributed by atoms with Crippen molar-refractivity contribution in [3.63, 3.8) is 0 Å². The molecule has 0 saturated carbocycles. The highest BCUT2D eigenvalue weighted by molar-refractivity contribution is 6.14. The number of carbonyl (C=O) groups excluding carboxylic acids is 3. The molecule has 1 aliphatic rings. The third-order valence-electron chi connectivity index (χ3n) is 4.52. The molecule has 9 heteroatoms. The largest absolute Gasteiger partial charge is 0.333 e. The Bertz CT molecular complexity index is 845. The second-order valence-electron chi connectivity index (χ2n) is 6.51. The number of amides is 4. The van der Waals surface area contributed by atoms with E-state index in [0.717, 1.165) is 24.3 Å². The number of barbiturate groups is 1. The topological polar surface area (TPSA) is 57.7 Å². The van der Waals surface area contributed by atoms with E-state index in [1.54, 1.807) is 0 Å². The van der Waals surface area contributed by atoms with Gasteiger partial charge in [0.05, 0.1) is 13.1 Å². The third-order valence-corrected chi connectivity index (χ3v) is 4.52. The fourth-order valence-corrected chi connectivity index (χ4v) is 2.91. The summed E-state index contributed by atoms with van der Waals surface area (Å²) >= 11 is 0. The number of carbonyl (C=O) groups is 3. The van der Waals surface area contributed by atoms with Crippen LogP contribution in [0.2, 0.25) is 0 Å². The number of nitrogens with zero attached hydrogens (tertiary/aromatic N) is 2. The van der Waals surface area contributed by atoms with E-state index in [9.17, 15) is 31.9 Å². The molecule has 1 fully saturated rings. The van der Waals surface area contributed by atoms with Crippen molar-refractivity contribution < 1.29 is 31.9 Å². The molecule has 152 valence electrons. The van der Waals surface area contributed by atoms with E-state index in [-0.39, 0.29) is 11.1 Å². The lowest BCUT2D eigenvalue weighted by atomic mass is 10.1. The van der Waals surface area contributed by atoms with Crippen molar-refractivity contribution >= 4 is 17.8 Å². The van der Waals surface area contributed by atoms with Gasteiger partial charge in [-0.1, -0.05) is 24.3 Å². The van der Waals surface area contributed by atoms with E-state index in [4.69, 9.17) is 0 Å². The number of alkyl halides is 2. The van der Waals surface area contributed by atoms with Crippen molar-refractivity contribution in [3.8, 4) is 0 Å². The Kier molecular flexibility index (Phi) is 5.95. The second-order valence-corrected chi connectivity index (χ2v) is 6.51. The van der Waals surface area contributed by atoms with Crippen LogP contribution >= 0.6 is 0 Å². The van der Waals surface area contributed by atoms with Crippen LogP contribution < -0.4 is 0 Å². The second kappa shape index (κ2) is 8.42. The van der Waals surface area contributed by atoms with Crippen LogP contribution in [-0.2, 0) is 9.59 Å². The number of hydrogen-bond donors (Lipinski definition) is 0. The summed E-state index contributed by atoms with van der Waals surface area (Å²) in [5.74, 6) is -2.95. The Labute approximate surface area is 163 Å². The predicted octanol–water partition coefficient (Wildman–Crippen LogP) is 3.87. The van der Waals surface area contributed by atoms with Gasteiger partial charge >= 0.3 is 6.03 Å². The molecular formula is C20H16F4N2O3. The van der Waals surface area contributed by atoms with Gasteiger partial charge in [0.25, 0.3) is 0 Å². The normalized spacial score (nSPS) is 16.9. The molecular weight excluding hydrogens is 392 g/mol. The number of imide groups is 2. The number of urea groups is 1. The van der Waals surface area contributed by atoms with Gasteiger partial charge in [0.2, 0.25) is 11.8 Å². The molecule has 5 nitrogen and oxygen atoms in total. The van der Waals surface area contributed by atoms with Gasteiger partial charge in [0.15, 0.2) is 0 Å². The summed E-state index contributed by atoms with van der Waals surface area (Å²) in [6, 6.07) is 7.70. The van der Waals surface area contributed by atoms with E-state index in [1.807, 2.05) is 0 Å². The van der Waals surface area contributed by atoms with Crippen LogP contribution in [0.4, 0.5) is 22.4 Å². The first-order chi connectivity index (χ1) is 13.8. The Morgan fingerprint density at radius 3 is 1.38 bits per heavy atom. The lowest BCUT2D eigenvalue weighted by molar-refractivity contribution is -0.143. The highest BCUT2D eigenvalue weighted by atomic mass is 19.1. The Morgan fingerprint density at radius 1 is 0.690 bits per heavy atom. The van der Waals surface area contributed by atoms with Crippen molar-refractivity contribution in [2.24, 2.45) is 0 Å². The standard InChI is InChI=1S/C20H16F4N2O3/c21-14-5-1-12(2-6-14)16(23)10-25-18(27)9-19(28)26(20(25)29)11-17(24)13-3-7-15(22)8-4-13/h1-8,16-17H,9-11H2/t16-,17+. The van der Waals surface area contributed by atoms with Crippen LogP contribution in [0, 0.1) is 11.6 Å². The van der Waals surface area contributed by atoms with E-state index >= 15 is 0 Å². The van der Waals surface area contributed by atoms with Gasteiger partial charge in [-0.15, -0.1) is 0 Å². The minimum absolute atomic E-state index is 0.0464. The summed E-state index contributed by atoms with van der Waals surface area (Å²) in [6.45, 7) is -1.39. The summed E-state index contributed by atoms with van der Waals surface area (Å²) in [5.41, 5.74) is 0.0928. The molecule has 0 spiro atoms. The number of halogens is 4. The molecule has 2 aromatic carbocycles. The van der Waals surface area contributed by atoms with E-state index in [0.29, 0.717) is 9.80 Å². The van der Waals surface area contributed by atoms with Crippen molar-refractivity contribution in [2.45, 2.75) is 18.8 Å². The molecule has 0 bridgehead atoms. The molecule has 0 aliphatic carbocycles. The maximum atomic E-state index is 14.5. The van der Waals surface area contributed by atoms with Gasteiger partial charge < -0.3 is 0 Å². The third kappa shape index (κ3) is 4.61. The molecule has 29 heavy (non-hydrogen) atoms. The molecule has 3 rings (SSSR count). The summed E-state index contributed by atoms with van der Waals surface area (Å²) < 4.78 is 55.0. The average Bonchev–Trinajstić information content (AvgIpc) is 2.69. The molecule has 2 aromatic rings. The highest BCUT2D eigenvalue weighted by Gasteiger charge is 2.40. The van der Waals surface area contributed by atoms with Crippen molar-refractivity contribution in [1.82, 2.24) is 9.80 Å². The van der Waals surface area contributed by atoms with Gasteiger partial charge in [0.1, 0.15) is 30.4 Å². The van der Waals surface area contributed by atoms with Gasteiger partial charge in [0, 0.05) is 0 Å². The predicted molar refractivity (Wildman–Crippen MR) is 93.9 cm³/mol. The van der Waals surface area contributed by atoms with Crippen LogP contribution in [0.3, 0.4) is 0 Å². The Morgan fingerprint density at radius 2 is 1.03 bits per heavy atom. The van der Waals surface area contributed by atoms with Crippen molar-refractivity contribution in [1.29, 1.82) is 0 Å². The van der Waals surface area contributed by atoms with Crippen molar-refractivity contribution in [2.75, 3.05) is 13.1 Å². The summed E-state index contributed by atoms with van der Waals surface area (Å²) in [6.07, 6.45) is -4.33. The molecule has 0 unspecified atom stereocenters. The van der Waals surface area contributed by atoms with Gasteiger partial charge in [-0.2, -0.15) is 0 Å². The molecule has 0 N–H and O–H groups in total. The minimum Gasteiger partial charge on any atom is -0.274 e. The highest BCUT2D eigenvalue weighted by Crippen LogP contribution is 2.25. The van der Waals surface area contributed by atoms with Gasteiger partial charge in [-0.25, -0.2) is 22.4 Å². The molecule has 4 amide bonds. The molecule has 2 atom stereocenters. The molecule has 1 heterocycles. The first-order valence-electron chi connectivity index (χ1n) is 8.70. The fraction of sp³-hybridized carbons (Fsp3) is 0.250. The smallest absolute Gasteiger partial charge is 0.274 e. The van der Waals surface area contributed by atoms with Gasteiger partial charge in [-0.05, 0) is 35.4 Å². The van der Waals surface area contributed by atoms with Crippen LogP contribution in [0.15, 0.2) is 48.5 Å². The average molecular weight is 408 g/mol. The van der Waals surface area contributed by atoms with Gasteiger partial charge in [-0.3, -0.25) is 19.4 Å². The number of rotatable bonds is 6. The number of benzene rings is 2. The molecule has 1 aliphatic heterocycles. The molecule has 1 saturated heterocycles. The van der Waals surface area contributed by atoms with E-state index < -0.39 is 61.3 Å². The Balaban J connectivity index is 1.73. The van der Waals surface area contributed by atoms with Crippen LogP contribution in [-0.4, -0.2) is 40.7 Å². The zero-order valence-electron chi connectivity index (χ0n) is 15.0. The fourth-order valence-electron chi connectivity index (χ4n) is 2.91. The first-order valence-corrected chi connectivity index (χ1v) is 8.70. The van der Waals surface area contributed by atoms with Crippen LogP contribution in [0.25, 0.3) is 0 Å². The van der Waals surface area contributed by atoms with Crippen molar-refractivity contribution in [3.05, 3.63) is 71.3 Å². The zero-order valence-corrected chi connectivity index (χ0v) is 15.0. The summed E-state index contributed by atoms with van der Waals surface area (Å²) in [7, 11) is 0. The minimum atomic E-state index is -1.81. The quantitative estimate of drug-likeness (QED) is 0.539. The van der Waals surface area contributed by atoms with E-state index in [1.165, 1.54) is 24.3 Å². The maximum Gasteiger partial charge on any atom is 0.333 e. The van der Waals surface area contributed by atoms with Crippen LogP contribution in [0.5, 0.6) is 0 Å². The SMILES string of the molecule is O=C1CC(=O)N(C[C@H](F)c2ccc(F)cc2)C(=O)N1C[C@@H](F)c1ccc(F)cc1. The first kappa shape index (κ1) is 20.5. The summed E-state index contributed by atoms with van der Waals surface area (Å²) in [4.78, 5) is 37.8. The lowest BCUT2D eigenvalue weighted by Crippen LogP contribution is -2.56. The Hall–Kier alpha value is -3.23.